The van der Waals surface area contributed by atoms with Crippen molar-refractivity contribution in [2.24, 2.45) is 0 Å². The zero-order chi connectivity index (χ0) is 43.5. The van der Waals surface area contributed by atoms with Gasteiger partial charge in [0.1, 0.15) is 36.4 Å². The Morgan fingerprint density at radius 2 is 1.49 bits per heavy atom. The van der Waals surface area contributed by atoms with Crippen molar-refractivity contribution < 1.29 is 43.9 Å². The van der Waals surface area contributed by atoms with Crippen molar-refractivity contribution in [2.75, 3.05) is 19.6 Å². The molecule has 0 saturated carbocycles. The molecule has 316 valence electrons. The first-order chi connectivity index (χ1) is 29.4. The molecule has 0 aliphatic heterocycles. The Morgan fingerprint density at radius 3 is 2.23 bits per heavy atom. The van der Waals surface area contributed by atoms with E-state index in [9.17, 15) is 25.1 Å². The van der Waals surface area contributed by atoms with Crippen LogP contribution in [0.5, 0.6) is 11.5 Å². The molecule has 0 aliphatic rings. The zero-order valence-corrected chi connectivity index (χ0v) is 34.5. The number of carboxylic acids is 2. The summed E-state index contributed by atoms with van der Waals surface area (Å²) in [5, 5.41) is 54.6. The van der Waals surface area contributed by atoms with E-state index in [0.29, 0.717) is 46.2 Å². The fraction of sp³-hybridized carbons (Fsp3) is 0.277. The lowest BCUT2D eigenvalue weighted by atomic mass is 9.89. The van der Waals surface area contributed by atoms with Gasteiger partial charge in [-0.3, -0.25) is 14.6 Å². The lowest BCUT2D eigenvalue weighted by molar-refractivity contribution is -0.140. The van der Waals surface area contributed by atoms with Crippen LogP contribution in [0.15, 0.2) is 95.9 Å². The Bertz CT molecular complexity index is 2550. The highest BCUT2D eigenvalue weighted by molar-refractivity contribution is 6.32. The second-order valence-electron chi connectivity index (χ2n) is 14.8. The minimum Gasteiger partial charge on any atom is -0.488 e. The van der Waals surface area contributed by atoms with E-state index in [1.165, 1.54) is 6.20 Å². The third kappa shape index (κ3) is 11.7. The first-order valence-electron chi connectivity index (χ1n) is 19.7. The van der Waals surface area contributed by atoms with E-state index in [4.69, 9.17) is 35.7 Å². The van der Waals surface area contributed by atoms with Gasteiger partial charge in [-0.1, -0.05) is 60.1 Å². The lowest BCUT2D eigenvalue weighted by Gasteiger charge is -2.18. The largest absolute Gasteiger partial charge is 0.488 e. The first kappa shape index (κ1) is 44.3. The number of halogens is 1. The van der Waals surface area contributed by atoms with Crippen molar-refractivity contribution in [3.63, 3.8) is 0 Å². The van der Waals surface area contributed by atoms with Crippen LogP contribution in [0.3, 0.4) is 0 Å². The summed E-state index contributed by atoms with van der Waals surface area (Å²) in [7, 11) is 0. The van der Waals surface area contributed by atoms with E-state index < -0.39 is 30.6 Å². The highest BCUT2D eigenvalue weighted by Gasteiger charge is 2.18. The van der Waals surface area contributed by atoms with Gasteiger partial charge in [0, 0.05) is 54.6 Å². The van der Waals surface area contributed by atoms with E-state index in [1.54, 1.807) is 30.7 Å². The van der Waals surface area contributed by atoms with Crippen LogP contribution in [0.25, 0.3) is 33.2 Å². The first-order valence-corrected chi connectivity index (χ1v) is 20.1. The predicted octanol–water partition coefficient (Wildman–Crippen LogP) is 7.35. The maximum Gasteiger partial charge on any atom is 0.306 e. The number of aliphatic hydroxyl groups excluding tert-OH is 2. The molecular formula is C47H47ClN4O9. The average Bonchev–Trinajstić information content (AvgIpc) is 3.64. The van der Waals surface area contributed by atoms with E-state index in [1.807, 2.05) is 24.3 Å². The fourth-order valence-corrected chi connectivity index (χ4v) is 7.37. The SMILES string of the molecule is Cc1c(COc2cc(OCc3cncc(C#N)c3)c(CNCC(O)CC(=O)O)cc2Cl)cccc1-c1cccc(-c2ccc3c(CCNCC(O)CC(=O)O)coc3c2)c1C. The van der Waals surface area contributed by atoms with Crippen LogP contribution in [0.2, 0.25) is 5.02 Å². The second-order valence-corrected chi connectivity index (χ2v) is 15.2. The molecule has 13 nitrogen and oxygen atoms in total. The quantitative estimate of drug-likeness (QED) is 0.0392. The summed E-state index contributed by atoms with van der Waals surface area (Å²) in [6.07, 6.45) is 2.76. The molecule has 0 saturated heterocycles. The monoisotopic (exact) mass is 846 g/mol. The van der Waals surface area contributed by atoms with Crippen LogP contribution in [0.1, 0.15) is 51.8 Å². The number of benzene rings is 4. The van der Waals surface area contributed by atoms with Crippen LogP contribution in [0, 0.1) is 25.2 Å². The van der Waals surface area contributed by atoms with Gasteiger partial charge in [-0.15, -0.1) is 0 Å². The zero-order valence-electron chi connectivity index (χ0n) is 33.8. The van der Waals surface area contributed by atoms with Gasteiger partial charge in [0.2, 0.25) is 0 Å². The highest BCUT2D eigenvalue weighted by Crippen LogP contribution is 2.38. The van der Waals surface area contributed by atoms with Gasteiger partial charge in [0.05, 0.1) is 41.9 Å². The number of rotatable bonds is 21. The van der Waals surface area contributed by atoms with Crippen molar-refractivity contribution >= 4 is 34.5 Å². The summed E-state index contributed by atoms with van der Waals surface area (Å²) < 4.78 is 18.5. The van der Waals surface area contributed by atoms with Crippen molar-refractivity contribution in [2.45, 2.75) is 65.1 Å². The molecule has 14 heteroatoms. The number of aromatic nitrogens is 1. The number of fused-ring (bicyclic) bond motifs is 1. The molecule has 6 rings (SSSR count). The predicted molar refractivity (Wildman–Crippen MR) is 230 cm³/mol. The van der Waals surface area contributed by atoms with Crippen LogP contribution >= 0.6 is 11.6 Å². The molecule has 0 radical (unpaired) electrons. The number of aliphatic carboxylic acids is 2. The standard InChI is InChI=1S/C47H47ClN4O9/c1-28-33(26-61-45-18-43(59-25-31-13-30(19-49)20-51-21-31)35(14-42(45)48)22-52-24-37(54)17-47(57)58)5-3-7-39(28)40-8-4-6-38(29(40)2)32-9-10-41-34(27-60-44(41)15-32)11-12-50-23-36(53)16-46(55)56/h3-10,13-15,18,20-21,27,36-37,50,52-54H,11-12,16-17,22-26H2,1-2H3,(H,55,56)(H,57,58). The van der Waals surface area contributed by atoms with Crippen LogP contribution in [0.4, 0.5) is 0 Å². The Hall–Kier alpha value is -6.27. The third-order valence-electron chi connectivity index (χ3n) is 10.3. The van der Waals surface area contributed by atoms with Gasteiger partial charge in [-0.25, -0.2) is 0 Å². The number of hydrogen-bond acceptors (Lipinski definition) is 11. The van der Waals surface area contributed by atoms with Crippen molar-refractivity contribution in [3.05, 3.63) is 135 Å². The van der Waals surface area contributed by atoms with Crippen molar-refractivity contribution in [3.8, 4) is 39.8 Å². The van der Waals surface area contributed by atoms with Gasteiger partial charge in [0.15, 0.2) is 0 Å². The number of ether oxygens (including phenoxy) is 2. The average molecular weight is 847 g/mol. The molecule has 0 spiro atoms. The Labute approximate surface area is 358 Å². The van der Waals surface area contributed by atoms with Gasteiger partial charge in [-0.05, 0) is 89.5 Å². The number of carbonyl (C=O) groups is 2. The van der Waals surface area contributed by atoms with E-state index in [2.05, 4.69) is 65.9 Å². The maximum atomic E-state index is 11.0. The number of nitriles is 1. The summed E-state index contributed by atoms with van der Waals surface area (Å²) in [6, 6.07) is 25.7. The molecule has 4 aromatic carbocycles. The molecule has 2 heterocycles. The molecule has 61 heavy (non-hydrogen) atoms. The van der Waals surface area contributed by atoms with E-state index in [-0.39, 0.29) is 39.3 Å². The van der Waals surface area contributed by atoms with E-state index >= 15 is 0 Å². The topological polar surface area (TPSA) is 207 Å². The molecule has 0 fully saturated rings. The van der Waals surface area contributed by atoms with E-state index in [0.717, 1.165) is 55.5 Å². The minimum atomic E-state index is -1.10. The molecule has 2 aromatic heterocycles. The van der Waals surface area contributed by atoms with Crippen molar-refractivity contribution in [1.82, 2.24) is 15.6 Å². The normalized spacial score (nSPS) is 12.2. The Kier molecular flexibility index (Phi) is 15.1. The maximum absolute atomic E-state index is 11.0. The lowest BCUT2D eigenvalue weighted by Crippen LogP contribution is -2.30. The summed E-state index contributed by atoms with van der Waals surface area (Å²) in [5.41, 5.74) is 10.8. The summed E-state index contributed by atoms with van der Waals surface area (Å²) >= 11 is 6.77. The number of hydrogen-bond donors (Lipinski definition) is 6. The third-order valence-corrected chi connectivity index (χ3v) is 10.6. The molecule has 6 aromatic rings. The van der Waals surface area contributed by atoms with Crippen LogP contribution in [-0.2, 0) is 35.8 Å². The summed E-state index contributed by atoms with van der Waals surface area (Å²) in [6.45, 7) is 5.51. The highest BCUT2D eigenvalue weighted by atomic mass is 35.5. The smallest absolute Gasteiger partial charge is 0.306 e. The van der Waals surface area contributed by atoms with Gasteiger partial charge in [0.25, 0.3) is 0 Å². The number of carboxylic acid groups (broad SMARTS) is 2. The molecule has 2 unspecified atom stereocenters. The number of nitrogens with one attached hydrogen (secondary N) is 2. The van der Waals surface area contributed by atoms with Gasteiger partial charge < -0.3 is 45.0 Å². The number of furan rings is 1. The minimum absolute atomic E-state index is 0.0420. The summed E-state index contributed by atoms with van der Waals surface area (Å²) in [4.78, 5) is 25.9. The molecule has 2 atom stereocenters. The number of aliphatic hydroxyl groups is 2. The van der Waals surface area contributed by atoms with Crippen LogP contribution < -0.4 is 20.1 Å². The second kappa shape index (κ2) is 20.8. The molecule has 0 amide bonds. The van der Waals surface area contributed by atoms with Crippen LogP contribution in [-0.4, -0.2) is 69.2 Å². The Balaban J connectivity index is 1.18. The molecule has 6 N–H and O–H groups in total. The van der Waals surface area contributed by atoms with Crippen molar-refractivity contribution in [1.29, 1.82) is 5.26 Å². The van der Waals surface area contributed by atoms with Gasteiger partial charge >= 0.3 is 11.9 Å². The number of pyridine rings is 1. The molecule has 0 aliphatic carbocycles. The summed E-state index contributed by atoms with van der Waals surface area (Å²) in [5.74, 6) is -1.29. The molecule has 0 bridgehead atoms. The molecular weight excluding hydrogens is 800 g/mol. The Morgan fingerprint density at radius 1 is 0.803 bits per heavy atom. The number of nitrogens with zero attached hydrogens (tertiary/aromatic N) is 2. The van der Waals surface area contributed by atoms with Gasteiger partial charge in [-0.2, -0.15) is 5.26 Å². The fourth-order valence-electron chi connectivity index (χ4n) is 7.13.